The van der Waals surface area contributed by atoms with E-state index in [4.69, 9.17) is 19.8 Å². The van der Waals surface area contributed by atoms with Crippen molar-refractivity contribution in [2.24, 2.45) is 0 Å². The smallest absolute Gasteiger partial charge is 0.257 e. The van der Waals surface area contributed by atoms with Crippen molar-refractivity contribution in [3.05, 3.63) is 11.9 Å². The van der Waals surface area contributed by atoms with Gasteiger partial charge in [-0.25, -0.2) is 0 Å². The van der Waals surface area contributed by atoms with Crippen LogP contribution in [0.5, 0.6) is 5.88 Å². The molecule has 1 aliphatic heterocycles. The van der Waals surface area contributed by atoms with Crippen LogP contribution >= 0.6 is 0 Å². The summed E-state index contributed by atoms with van der Waals surface area (Å²) in [7, 11) is 2.17. The fraction of sp³-hybridized carbons (Fsp3) is 0.750. The van der Waals surface area contributed by atoms with Crippen molar-refractivity contribution < 1.29 is 4.74 Å². The number of anilines is 1. The van der Waals surface area contributed by atoms with Crippen LogP contribution in [-0.4, -0.2) is 63.8 Å². The van der Waals surface area contributed by atoms with E-state index in [9.17, 15) is 0 Å². The van der Waals surface area contributed by atoms with Gasteiger partial charge < -0.3 is 14.5 Å². The van der Waals surface area contributed by atoms with Crippen molar-refractivity contribution in [1.82, 2.24) is 24.5 Å². The summed E-state index contributed by atoms with van der Waals surface area (Å²) in [5, 5.41) is 4.85. The van der Waals surface area contributed by atoms with Crippen LogP contribution in [0.2, 0.25) is 0 Å². The first-order valence-electron chi connectivity index (χ1n) is 10.6. The fourth-order valence-electron chi connectivity index (χ4n) is 4.31. The Morgan fingerprint density at radius 1 is 1.07 bits per heavy atom. The third-order valence-corrected chi connectivity index (χ3v) is 6.05. The van der Waals surface area contributed by atoms with E-state index in [0.717, 1.165) is 50.7 Å². The topological polar surface area (TPSA) is 58.8 Å². The Bertz CT molecular complexity index is 757. The standard InChI is InChI=1S/C20H32N6O/c1-4-25(5-2)18-14-17(27-16-10-12-24(3)13-11-16)21-20-22-19(23-26(18)20)15-8-6-7-9-15/h14-16H,4-13H2,1-3H3. The van der Waals surface area contributed by atoms with Crippen molar-refractivity contribution in [2.75, 3.05) is 38.1 Å². The molecule has 2 fully saturated rings. The van der Waals surface area contributed by atoms with Gasteiger partial charge in [-0.15, -0.1) is 5.10 Å². The zero-order valence-corrected chi connectivity index (χ0v) is 16.9. The number of likely N-dealkylation sites (tertiary alicyclic amines) is 1. The van der Waals surface area contributed by atoms with Gasteiger partial charge in [0.05, 0.1) is 0 Å². The van der Waals surface area contributed by atoms with E-state index >= 15 is 0 Å². The first-order valence-corrected chi connectivity index (χ1v) is 10.6. The Kier molecular flexibility index (Phi) is 5.48. The maximum Gasteiger partial charge on any atom is 0.257 e. The van der Waals surface area contributed by atoms with Gasteiger partial charge in [0.15, 0.2) is 5.82 Å². The Morgan fingerprint density at radius 3 is 2.44 bits per heavy atom. The van der Waals surface area contributed by atoms with Gasteiger partial charge in [0, 0.05) is 38.2 Å². The summed E-state index contributed by atoms with van der Waals surface area (Å²) in [5.74, 6) is 3.82. The van der Waals surface area contributed by atoms with Crippen LogP contribution in [0.3, 0.4) is 0 Å². The highest BCUT2D eigenvalue weighted by molar-refractivity contribution is 5.49. The quantitative estimate of drug-likeness (QED) is 0.777. The van der Waals surface area contributed by atoms with E-state index < -0.39 is 0 Å². The second kappa shape index (κ2) is 8.00. The minimum atomic E-state index is 0.234. The monoisotopic (exact) mass is 372 g/mol. The first kappa shape index (κ1) is 18.5. The molecule has 0 N–H and O–H groups in total. The van der Waals surface area contributed by atoms with Gasteiger partial charge in [0.2, 0.25) is 5.88 Å². The Balaban J connectivity index is 1.67. The molecule has 4 rings (SSSR count). The number of aromatic nitrogens is 4. The van der Waals surface area contributed by atoms with Crippen molar-refractivity contribution in [2.45, 2.75) is 64.4 Å². The molecule has 1 saturated heterocycles. The van der Waals surface area contributed by atoms with E-state index in [0.29, 0.717) is 17.6 Å². The highest BCUT2D eigenvalue weighted by Crippen LogP contribution is 2.33. The molecule has 3 heterocycles. The first-order chi connectivity index (χ1) is 13.2. The van der Waals surface area contributed by atoms with Crippen molar-refractivity contribution in [3.63, 3.8) is 0 Å². The van der Waals surface area contributed by atoms with Crippen LogP contribution in [-0.2, 0) is 0 Å². The molecular weight excluding hydrogens is 340 g/mol. The van der Waals surface area contributed by atoms with E-state index in [1.165, 1.54) is 25.7 Å². The maximum atomic E-state index is 6.28. The van der Waals surface area contributed by atoms with Gasteiger partial charge >= 0.3 is 0 Å². The molecular formula is C20H32N6O. The number of fused-ring (bicyclic) bond motifs is 1. The number of piperidine rings is 1. The van der Waals surface area contributed by atoms with Crippen molar-refractivity contribution in [3.8, 4) is 5.88 Å². The SMILES string of the molecule is CCN(CC)c1cc(OC2CCN(C)CC2)nc2nc(C3CCCC3)nn12. The average molecular weight is 373 g/mol. The molecule has 0 bridgehead atoms. The molecule has 1 saturated carbocycles. The predicted molar refractivity (Wildman–Crippen MR) is 107 cm³/mol. The second-order valence-corrected chi connectivity index (χ2v) is 7.91. The minimum Gasteiger partial charge on any atom is -0.474 e. The van der Waals surface area contributed by atoms with E-state index in [-0.39, 0.29) is 6.10 Å². The molecule has 148 valence electrons. The van der Waals surface area contributed by atoms with Gasteiger partial charge in [0.25, 0.3) is 5.78 Å². The molecule has 0 amide bonds. The van der Waals surface area contributed by atoms with E-state index in [2.05, 4.69) is 30.7 Å². The fourth-order valence-corrected chi connectivity index (χ4v) is 4.31. The third kappa shape index (κ3) is 3.88. The lowest BCUT2D eigenvalue weighted by Crippen LogP contribution is -2.35. The van der Waals surface area contributed by atoms with Gasteiger partial charge in [-0.3, -0.25) is 0 Å². The molecule has 1 aliphatic carbocycles. The number of rotatable bonds is 6. The lowest BCUT2D eigenvalue weighted by Gasteiger charge is -2.29. The highest BCUT2D eigenvalue weighted by Gasteiger charge is 2.25. The van der Waals surface area contributed by atoms with Crippen LogP contribution < -0.4 is 9.64 Å². The molecule has 0 radical (unpaired) electrons. The number of hydrogen-bond acceptors (Lipinski definition) is 6. The molecule has 2 aliphatic rings. The Hall–Kier alpha value is -1.89. The van der Waals surface area contributed by atoms with Crippen LogP contribution in [0.4, 0.5) is 5.82 Å². The molecule has 7 heteroatoms. The molecule has 0 spiro atoms. The van der Waals surface area contributed by atoms with E-state index in [1.807, 2.05) is 10.6 Å². The average Bonchev–Trinajstić information content (AvgIpc) is 3.34. The Labute approximate surface area is 161 Å². The Morgan fingerprint density at radius 2 is 1.78 bits per heavy atom. The van der Waals surface area contributed by atoms with Crippen LogP contribution in [0, 0.1) is 0 Å². The molecule has 27 heavy (non-hydrogen) atoms. The third-order valence-electron chi connectivity index (χ3n) is 6.05. The molecule has 7 nitrogen and oxygen atoms in total. The van der Waals surface area contributed by atoms with Gasteiger partial charge in [-0.05, 0) is 46.6 Å². The van der Waals surface area contributed by atoms with Gasteiger partial charge in [-0.2, -0.15) is 14.5 Å². The summed E-state index contributed by atoms with van der Waals surface area (Å²) >= 11 is 0. The molecule has 2 aromatic rings. The zero-order valence-electron chi connectivity index (χ0n) is 16.9. The summed E-state index contributed by atoms with van der Waals surface area (Å²) in [6.45, 7) is 8.33. The normalized spacial score (nSPS) is 19.8. The van der Waals surface area contributed by atoms with Crippen LogP contribution in [0.1, 0.15) is 64.1 Å². The zero-order chi connectivity index (χ0) is 18.8. The van der Waals surface area contributed by atoms with Crippen LogP contribution in [0.25, 0.3) is 5.78 Å². The molecule has 0 aromatic carbocycles. The lowest BCUT2D eigenvalue weighted by atomic mass is 10.1. The largest absolute Gasteiger partial charge is 0.474 e. The van der Waals surface area contributed by atoms with Crippen LogP contribution in [0.15, 0.2) is 6.07 Å². The minimum absolute atomic E-state index is 0.234. The van der Waals surface area contributed by atoms with Gasteiger partial charge in [-0.1, -0.05) is 12.8 Å². The number of ether oxygens (including phenoxy) is 1. The second-order valence-electron chi connectivity index (χ2n) is 7.91. The highest BCUT2D eigenvalue weighted by atomic mass is 16.5. The number of hydrogen-bond donors (Lipinski definition) is 0. The van der Waals surface area contributed by atoms with Crippen molar-refractivity contribution >= 4 is 11.6 Å². The van der Waals surface area contributed by atoms with Crippen molar-refractivity contribution in [1.29, 1.82) is 0 Å². The molecule has 2 aromatic heterocycles. The number of nitrogens with zero attached hydrogens (tertiary/aromatic N) is 6. The predicted octanol–water partition coefficient (Wildman–Crippen LogP) is 3.10. The molecule has 0 unspecified atom stereocenters. The summed E-state index contributed by atoms with van der Waals surface area (Å²) in [5.41, 5.74) is 0. The summed E-state index contributed by atoms with van der Waals surface area (Å²) in [6.07, 6.45) is 7.26. The van der Waals surface area contributed by atoms with Gasteiger partial charge in [0.1, 0.15) is 11.9 Å². The lowest BCUT2D eigenvalue weighted by molar-refractivity contribution is 0.110. The van der Waals surface area contributed by atoms with E-state index in [1.54, 1.807) is 0 Å². The maximum absolute atomic E-state index is 6.28. The molecule has 0 atom stereocenters. The summed E-state index contributed by atoms with van der Waals surface area (Å²) in [6, 6.07) is 2.05. The summed E-state index contributed by atoms with van der Waals surface area (Å²) < 4.78 is 8.20. The summed E-state index contributed by atoms with van der Waals surface area (Å²) in [4.78, 5) is 14.2.